The molecule has 0 amide bonds. The Kier molecular flexibility index (Phi) is 5.49. The standard InChI is InChI=1S/C21H23N3O2/c1-4-12-26-19-10-8-17(9-11-19)14-23(3)15-18-13-21(25)24-16(2)6-5-7-20(24)22-18/h4-11,13H,1,12,14-15H2,2-3H3. The predicted molar refractivity (Wildman–Crippen MR) is 104 cm³/mol. The first-order valence-corrected chi connectivity index (χ1v) is 8.56. The number of pyridine rings is 1. The second kappa shape index (κ2) is 7.97. The third-order valence-electron chi connectivity index (χ3n) is 4.11. The van der Waals surface area contributed by atoms with E-state index < -0.39 is 0 Å². The van der Waals surface area contributed by atoms with Crippen LogP contribution in [0.4, 0.5) is 0 Å². The normalized spacial score (nSPS) is 11.0. The monoisotopic (exact) mass is 349 g/mol. The summed E-state index contributed by atoms with van der Waals surface area (Å²) in [6, 6.07) is 15.3. The van der Waals surface area contributed by atoms with Gasteiger partial charge in [0, 0.05) is 24.8 Å². The van der Waals surface area contributed by atoms with Crippen LogP contribution in [-0.2, 0) is 13.1 Å². The molecule has 0 aliphatic heterocycles. The van der Waals surface area contributed by atoms with E-state index in [1.165, 1.54) is 5.56 Å². The third-order valence-corrected chi connectivity index (χ3v) is 4.11. The second-order valence-electron chi connectivity index (χ2n) is 6.36. The molecule has 0 fully saturated rings. The number of rotatable bonds is 7. The molecule has 5 heteroatoms. The summed E-state index contributed by atoms with van der Waals surface area (Å²) in [4.78, 5) is 19.1. The Morgan fingerprint density at radius 2 is 1.96 bits per heavy atom. The number of ether oxygens (including phenoxy) is 1. The van der Waals surface area contributed by atoms with Gasteiger partial charge in [0.25, 0.3) is 5.56 Å². The van der Waals surface area contributed by atoms with Crippen molar-refractivity contribution in [1.29, 1.82) is 0 Å². The number of aryl methyl sites for hydroxylation is 1. The molecule has 0 aliphatic rings. The summed E-state index contributed by atoms with van der Waals surface area (Å²) in [7, 11) is 2.02. The zero-order valence-corrected chi connectivity index (χ0v) is 15.2. The van der Waals surface area contributed by atoms with Crippen molar-refractivity contribution in [3.63, 3.8) is 0 Å². The van der Waals surface area contributed by atoms with Gasteiger partial charge in [0.05, 0.1) is 5.69 Å². The fourth-order valence-electron chi connectivity index (χ4n) is 2.94. The molecule has 0 N–H and O–H groups in total. The first-order valence-electron chi connectivity index (χ1n) is 8.56. The number of aromatic nitrogens is 2. The SMILES string of the molecule is C=CCOc1ccc(CN(C)Cc2cc(=O)n3c(C)cccc3n2)cc1. The quantitative estimate of drug-likeness (QED) is 0.615. The minimum absolute atomic E-state index is 0.0415. The van der Waals surface area contributed by atoms with E-state index in [4.69, 9.17) is 4.74 Å². The van der Waals surface area contributed by atoms with E-state index in [-0.39, 0.29) is 5.56 Å². The van der Waals surface area contributed by atoms with Crippen LogP contribution in [0.3, 0.4) is 0 Å². The molecule has 2 heterocycles. The molecule has 3 rings (SSSR count). The molecular formula is C21H23N3O2. The summed E-state index contributed by atoms with van der Waals surface area (Å²) in [6.45, 7) is 7.42. The smallest absolute Gasteiger partial charge is 0.258 e. The van der Waals surface area contributed by atoms with Crippen molar-refractivity contribution in [3.05, 3.63) is 88.5 Å². The summed E-state index contributed by atoms with van der Waals surface area (Å²) < 4.78 is 7.13. The molecule has 0 saturated heterocycles. The topological polar surface area (TPSA) is 46.8 Å². The van der Waals surface area contributed by atoms with E-state index in [1.807, 2.05) is 56.4 Å². The van der Waals surface area contributed by atoms with Crippen LogP contribution >= 0.6 is 0 Å². The van der Waals surface area contributed by atoms with Gasteiger partial charge in [-0.05, 0) is 43.8 Å². The molecular weight excluding hydrogens is 326 g/mol. The van der Waals surface area contributed by atoms with E-state index in [0.717, 1.165) is 23.7 Å². The van der Waals surface area contributed by atoms with E-state index in [9.17, 15) is 4.79 Å². The van der Waals surface area contributed by atoms with Crippen molar-refractivity contribution in [3.8, 4) is 5.75 Å². The van der Waals surface area contributed by atoms with Gasteiger partial charge in [-0.15, -0.1) is 0 Å². The van der Waals surface area contributed by atoms with Gasteiger partial charge in [-0.3, -0.25) is 14.1 Å². The summed E-state index contributed by atoms with van der Waals surface area (Å²) in [5.74, 6) is 0.830. The first-order chi connectivity index (χ1) is 12.6. The number of hydrogen-bond acceptors (Lipinski definition) is 4. The molecule has 0 atom stereocenters. The third kappa shape index (κ3) is 4.18. The van der Waals surface area contributed by atoms with Crippen molar-refractivity contribution in [2.24, 2.45) is 0 Å². The van der Waals surface area contributed by atoms with E-state index in [1.54, 1.807) is 16.5 Å². The van der Waals surface area contributed by atoms with Gasteiger partial charge < -0.3 is 4.74 Å². The average molecular weight is 349 g/mol. The predicted octanol–water partition coefficient (Wildman–Crippen LogP) is 3.20. The molecule has 0 unspecified atom stereocenters. The molecule has 3 aromatic rings. The van der Waals surface area contributed by atoms with Crippen molar-refractivity contribution < 1.29 is 4.74 Å². The van der Waals surface area contributed by atoms with E-state index >= 15 is 0 Å². The van der Waals surface area contributed by atoms with Crippen LogP contribution in [-0.4, -0.2) is 27.9 Å². The molecule has 134 valence electrons. The Labute approximate surface area is 153 Å². The highest BCUT2D eigenvalue weighted by Crippen LogP contribution is 2.14. The van der Waals surface area contributed by atoms with Crippen LogP contribution in [0.5, 0.6) is 5.75 Å². The van der Waals surface area contributed by atoms with Crippen LogP contribution in [0.15, 0.2) is 66.0 Å². The van der Waals surface area contributed by atoms with Gasteiger partial charge >= 0.3 is 0 Å². The number of nitrogens with zero attached hydrogens (tertiary/aromatic N) is 3. The van der Waals surface area contributed by atoms with Crippen LogP contribution in [0.2, 0.25) is 0 Å². The summed E-state index contributed by atoms with van der Waals surface area (Å²) >= 11 is 0. The Hall–Kier alpha value is -2.92. The Bertz CT molecular complexity index is 961. The highest BCUT2D eigenvalue weighted by atomic mass is 16.5. The molecule has 0 aliphatic carbocycles. The number of benzene rings is 1. The lowest BCUT2D eigenvalue weighted by molar-refractivity contribution is 0.314. The molecule has 1 aromatic carbocycles. The average Bonchev–Trinajstić information content (AvgIpc) is 2.61. The Balaban J connectivity index is 1.70. The Morgan fingerprint density at radius 3 is 2.69 bits per heavy atom. The lowest BCUT2D eigenvalue weighted by Crippen LogP contribution is -2.22. The van der Waals surface area contributed by atoms with Crippen molar-refractivity contribution in [2.75, 3.05) is 13.7 Å². The van der Waals surface area contributed by atoms with Crippen molar-refractivity contribution in [1.82, 2.24) is 14.3 Å². The first kappa shape index (κ1) is 17.9. The molecule has 0 saturated carbocycles. The highest BCUT2D eigenvalue weighted by Gasteiger charge is 2.07. The lowest BCUT2D eigenvalue weighted by Gasteiger charge is -2.17. The van der Waals surface area contributed by atoms with Crippen molar-refractivity contribution >= 4 is 5.65 Å². The molecule has 0 spiro atoms. The largest absolute Gasteiger partial charge is 0.490 e. The van der Waals surface area contributed by atoms with Crippen LogP contribution < -0.4 is 10.3 Å². The van der Waals surface area contributed by atoms with Gasteiger partial charge in [-0.2, -0.15) is 0 Å². The fourth-order valence-corrected chi connectivity index (χ4v) is 2.94. The molecule has 0 radical (unpaired) electrons. The Morgan fingerprint density at radius 1 is 1.19 bits per heavy atom. The maximum Gasteiger partial charge on any atom is 0.258 e. The van der Waals surface area contributed by atoms with E-state index in [2.05, 4.69) is 16.5 Å². The fraction of sp³-hybridized carbons (Fsp3) is 0.238. The zero-order valence-electron chi connectivity index (χ0n) is 15.2. The molecule has 26 heavy (non-hydrogen) atoms. The van der Waals surface area contributed by atoms with Crippen LogP contribution in [0.1, 0.15) is 17.0 Å². The molecule has 5 nitrogen and oxygen atoms in total. The highest BCUT2D eigenvalue weighted by molar-refractivity contribution is 5.40. The summed E-state index contributed by atoms with van der Waals surface area (Å²) in [6.07, 6.45) is 1.72. The van der Waals surface area contributed by atoms with Gasteiger partial charge in [0.1, 0.15) is 18.0 Å². The molecule has 0 bridgehead atoms. The van der Waals surface area contributed by atoms with Gasteiger partial charge in [-0.1, -0.05) is 30.9 Å². The van der Waals surface area contributed by atoms with Gasteiger partial charge in [0.2, 0.25) is 0 Å². The van der Waals surface area contributed by atoms with Gasteiger partial charge in [0.15, 0.2) is 0 Å². The van der Waals surface area contributed by atoms with Crippen LogP contribution in [0, 0.1) is 6.92 Å². The number of hydrogen-bond donors (Lipinski definition) is 0. The minimum atomic E-state index is -0.0415. The van der Waals surface area contributed by atoms with E-state index in [0.29, 0.717) is 18.8 Å². The number of fused-ring (bicyclic) bond motifs is 1. The van der Waals surface area contributed by atoms with Crippen LogP contribution in [0.25, 0.3) is 5.65 Å². The lowest BCUT2D eigenvalue weighted by atomic mass is 10.2. The minimum Gasteiger partial charge on any atom is -0.490 e. The van der Waals surface area contributed by atoms with Crippen molar-refractivity contribution in [2.45, 2.75) is 20.0 Å². The maximum atomic E-state index is 12.4. The summed E-state index contributed by atoms with van der Waals surface area (Å²) in [5.41, 5.74) is 3.48. The second-order valence-corrected chi connectivity index (χ2v) is 6.36. The molecule has 2 aromatic heterocycles. The summed E-state index contributed by atoms with van der Waals surface area (Å²) in [5, 5.41) is 0. The zero-order chi connectivity index (χ0) is 18.5. The maximum absolute atomic E-state index is 12.4. The van der Waals surface area contributed by atoms with Gasteiger partial charge in [-0.25, -0.2) is 4.98 Å².